The number of hydrogen-bond donors (Lipinski definition) is 0. The molecule has 1 aliphatic rings. The van der Waals surface area contributed by atoms with Gasteiger partial charge in [0, 0.05) is 24.6 Å². The predicted octanol–water partition coefficient (Wildman–Crippen LogP) is 1.49. The minimum atomic E-state index is 0.234. The zero-order valence-corrected chi connectivity index (χ0v) is 11.4. The monoisotopic (exact) mass is 211 g/mol. The van der Waals surface area contributed by atoms with Crippen molar-refractivity contribution in [2.75, 3.05) is 13.1 Å². The molecule has 0 bridgehead atoms. The maximum Gasteiger partial charge on any atom is 0.140 e. The molecule has 0 spiro atoms. The van der Waals surface area contributed by atoms with E-state index in [2.05, 4.69) is 54.3 Å². The Morgan fingerprint density at radius 3 is 2.00 bits per heavy atom. The van der Waals surface area contributed by atoms with Crippen molar-refractivity contribution in [1.29, 1.82) is 0 Å². The first-order valence-corrected chi connectivity index (χ1v) is 6.01. The van der Waals surface area contributed by atoms with Gasteiger partial charge in [-0.2, -0.15) is 0 Å². The average molecular weight is 211 g/mol. The highest BCUT2D eigenvalue weighted by Gasteiger charge is 2.36. The van der Waals surface area contributed by atoms with Crippen LogP contribution in [0.5, 0.6) is 0 Å². The Kier molecular flexibility index (Phi) is 3.57. The largest absolute Gasteiger partial charge is 0.381 e. The van der Waals surface area contributed by atoms with E-state index in [0.717, 1.165) is 13.1 Å². The summed E-state index contributed by atoms with van der Waals surface area (Å²) in [5, 5.41) is 0. The molecule has 0 aromatic heterocycles. The second-order valence-electron chi connectivity index (χ2n) is 6.88. The maximum absolute atomic E-state index is 6.03. The van der Waals surface area contributed by atoms with Crippen LogP contribution in [0.1, 0.15) is 41.5 Å². The summed E-state index contributed by atoms with van der Waals surface area (Å²) in [6.45, 7) is 15.7. The van der Waals surface area contributed by atoms with Crippen LogP contribution in [0.3, 0.4) is 0 Å². The molecular weight excluding hydrogens is 185 g/mol. The zero-order chi connectivity index (χ0) is 11.9. The maximum atomic E-state index is 6.03. The van der Waals surface area contributed by atoms with Gasteiger partial charge >= 0.3 is 0 Å². The Hall–Kier alpha value is -0.0151. The van der Waals surface area contributed by atoms with Crippen molar-refractivity contribution in [3.63, 3.8) is 0 Å². The molecule has 15 heavy (non-hydrogen) atoms. The molecule has 0 aromatic rings. The molecule has 0 saturated carbocycles. The van der Waals surface area contributed by atoms with Crippen molar-refractivity contribution in [2.45, 2.75) is 59.2 Å². The first-order chi connectivity index (χ1) is 6.60. The summed E-state index contributed by atoms with van der Waals surface area (Å²) in [5.41, 5.74) is 0.486. The number of ether oxygens (including phenoxy) is 1. The molecule has 2 unspecified atom stereocenters. The van der Waals surface area contributed by atoms with Gasteiger partial charge in [-0.15, -0.1) is 0 Å². The zero-order valence-electron chi connectivity index (χ0n) is 11.4. The second-order valence-corrected chi connectivity index (χ2v) is 6.88. The van der Waals surface area contributed by atoms with Gasteiger partial charge in [0.2, 0.25) is 0 Å². The van der Waals surface area contributed by atoms with E-state index in [1.165, 1.54) is 0 Å². The minimum absolute atomic E-state index is 0.234. The number of nitrogens with zero attached hydrogens (tertiary/aromatic N) is 1. The van der Waals surface area contributed by atoms with Gasteiger partial charge in [0.1, 0.15) is 7.85 Å². The lowest BCUT2D eigenvalue weighted by Gasteiger charge is -2.47. The number of morpholine rings is 1. The van der Waals surface area contributed by atoms with Gasteiger partial charge in [-0.1, -0.05) is 20.8 Å². The average Bonchev–Trinajstić information content (AvgIpc) is 1.99. The molecule has 0 aromatic carbocycles. The SMILES string of the molecule is BC1CN(C(C)(C)C)CC(C(C)(C)C)O1. The standard InChI is InChI=1S/C12H26BNO/c1-11(2,3)9-7-14(12(4,5)6)8-10(13)15-9/h9-10H,7-8,13H2,1-6H3. The number of hydrogen-bond acceptors (Lipinski definition) is 2. The van der Waals surface area contributed by atoms with Crippen LogP contribution in [0.4, 0.5) is 0 Å². The predicted molar refractivity (Wildman–Crippen MR) is 68.0 cm³/mol. The molecule has 2 atom stereocenters. The summed E-state index contributed by atoms with van der Waals surface area (Å²) in [5.74, 6) is 0. The summed E-state index contributed by atoms with van der Waals surface area (Å²) in [6, 6.07) is 0.349. The highest BCUT2D eigenvalue weighted by Crippen LogP contribution is 2.29. The van der Waals surface area contributed by atoms with Crippen molar-refractivity contribution in [2.24, 2.45) is 5.41 Å². The molecule has 0 aliphatic carbocycles. The van der Waals surface area contributed by atoms with E-state index >= 15 is 0 Å². The van der Waals surface area contributed by atoms with E-state index in [0.29, 0.717) is 12.1 Å². The Balaban J connectivity index is 2.73. The topological polar surface area (TPSA) is 12.5 Å². The van der Waals surface area contributed by atoms with Crippen LogP contribution in [0, 0.1) is 5.41 Å². The van der Waals surface area contributed by atoms with E-state index in [1.54, 1.807) is 0 Å². The first kappa shape index (κ1) is 13.1. The summed E-state index contributed by atoms with van der Waals surface area (Å²) < 4.78 is 6.03. The second kappa shape index (κ2) is 4.10. The van der Waals surface area contributed by atoms with Gasteiger partial charge in [-0.05, 0) is 26.2 Å². The Morgan fingerprint density at radius 1 is 1.07 bits per heavy atom. The third-order valence-electron chi connectivity index (χ3n) is 3.17. The van der Waals surface area contributed by atoms with Gasteiger partial charge in [0.25, 0.3) is 0 Å². The van der Waals surface area contributed by atoms with Gasteiger partial charge in [-0.3, -0.25) is 4.90 Å². The highest BCUT2D eigenvalue weighted by atomic mass is 16.5. The van der Waals surface area contributed by atoms with Crippen LogP contribution in [-0.2, 0) is 4.74 Å². The van der Waals surface area contributed by atoms with Crippen molar-refractivity contribution in [1.82, 2.24) is 4.90 Å². The molecule has 88 valence electrons. The Bertz CT molecular complexity index is 195. The molecule has 1 fully saturated rings. The summed E-state index contributed by atoms with van der Waals surface area (Å²) in [6.07, 6.45) is 0.348. The third kappa shape index (κ3) is 3.49. The molecule has 0 radical (unpaired) electrons. The van der Waals surface area contributed by atoms with Gasteiger partial charge in [0.15, 0.2) is 0 Å². The molecule has 0 amide bonds. The summed E-state index contributed by atoms with van der Waals surface area (Å²) >= 11 is 0. The van der Waals surface area contributed by atoms with Crippen LogP contribution in [0.25, 0.3) is 0 Å². The molecule has 1 saturated heterocycles. The van der Waals surface area contributed by atoms with E-state index < -0.39 is 0 Å². The van der Waals surface area contributed by atoms with Crippen molar-refractivity contribution in [3.05, 3.63) is 0 Å². The van der Waals surface area contributed by atoms with Crippen LogP contribution in [0.15, 0.2) is 0 Å². The van der Waals surface area contributed by atoms with Gasteiger partial charge < -0.3 is 4.74 Å². The molecule has 3 heteroatoms. The normalized spacial score (nSPS) is 30.5. The van der Waals surface area contributed by atoms with Crippen LogP contribution in [0.2, 0.25) is 0 Å². The molecule has 1 heterocycles. The Labute approximate surface area is 95.8 Å². The van der Waals surface area contributed by atoms with E-state index in [9.17, 15) is 0 Å². The summed E-state index contributed by atoms with van der Waals surface area (Å²) in [7, 11) is 2.18. The lowest BCUT2D eigenvalue weighted by Crippen LogP contribution is -2.57. The fourth-order valence-corrected chi connectivity index (χ4v) is 1.98. The lowest BCUT2D eigenvalue weighted by molar-refractivity contribution is -0.116. The minimum Gasteiger partial charge on any atom is -0.381 e. The summed E-state index contributed by atoms with van der Waals surface area (Å²) in [4.78, 5) is 2.54. The van der Waals surface area contributed by atoms with Crippen molar-refractivity contribution >= 4 is 7.85 Å². The van der Waals surface area contributed by atoms with Gasteiger partial charge in [0.05, 0.1) is 6.10 Å². The van der Waals surface area contributed by atoms with Crippen molar-refractivity contribution < 1.29 is 4.74 Å². The van der Waals surface area contributed by atoms with Crippen LogP contribution >= 0.6 is 0 Å². The van der Waals surface area contributed by atoms with E-state index in [1.807, 2.05) is 0 Å². The van der Waals surface area contributed by atoms with Crippen molar-refractivity contribution in [3.8, 4) is 0 Å². The smallest absolute Gasteiger partial charge is 0.140 e. The molecular formula is C12H26BNO. The molecule has 1 aliphatic heterocycles. The Morgan fingerprint density at radius 2 is 1.60 bits per heavy atom. The number of rotatable bonds is 0. The van der Waals surface area contributed by atoms with Crippen LogP contribution < -0.4 is 0 Å². The lowest BCUT2D eigenvalue weighted by atomic mass is 9.84. The van der Waals surface area contributed by atoms with Gasteiger partial charge in [-0.25, -0.2) is 0 Å². The molecule has 0 N–H and O–H groups in total. The van der Waals surface area contributed by atoms with E-state index in [4.69, 9.17) is 4.74 Å². The third-order valence-corrected chi connectivity index (χ3v) is 3.17. The molecule has 1 rings (SSSR count). The van der Waals surface area contributed by atoms with E-state index in [-0.39, 0.29) is 11.0 Å². The molecule has 2 nitrogen and oxygen atoms in total. The van der Waals surface area contributed by atoms with Crippen LogP contribution in [-0.4, -0.2) is 43.5 Å². The fraction of sp³-hybridized carbons (Fsp3) is 1.00. The quantitative estimate of drug-likeness (QED) is 0.563. The fourth-order valence-electron chi connectivity index (χ4n) is 1.98. The first-order valence-electron chi connectivity index (χ1n) is 6.01. The highest BCUT2D eigenvalue weighted by molar-refractivity contribution is 6.11.